The SMILES string of the molecule is CC(C)(C)c1ncc(-c2ccc(CC(N)=O)cc2)[nH]1. The first-order valence-corrected chi connectivity index (χ1v) is 6.29. The van der Waals surface area contributed by atoms with Gasteiger partial charge in [-0.3, -0.25) is 4.79 Å². The Bertz CT molecular complexity index is 576. The summed E-state index contributed by atoms with van der Waals surface area (Å²) in [5.41, 5.74) is 8.13. The Labute approximate surface area is 113 Å². The summed E-state index contributed by atoms with van der Waals surface area (Å²) < 4.78 is 0. The number of aromatic nitrogens is 2. The van der Waals surface area contributed by atoms with Crippen molar-refractivity contribution in [3.8, 4) is 11.3 Å². The minimum Gasteiger partial charge on any atom is -0.369 e. The Hall–Kier alpha value is -2.10. The predicted molar refractivity (Wildman–Crippen MR) is 75.6 cm³/mol. The molecule has 0 aliphatic carbocycles. The van der Waals surface area contributed by atoms with Crippen LogP contribution in [-0.4, -0.2) is 15.9 Å². The van der Waals surface area contributed by atoms with Crippen LogP contribution < -0.4 is 5.73 Å². The highest BCUT2D eigenvalue weighted by Crippen LogP contribution is 2.23. The fraction of sp³-hybridized carbons (Fsp3) is 0.333. The molecule has 4 nitrogen and oxygen atoms in total. The molecule has 0 atom stereocenters. The van der Waals surface area contributed by atoms with E-state index in [1.807, 2.05) is 30.5 Å². The molecule has 4 heteroatoms. The summed E-state index contributed by atoms with van der Waals surface area (Å²) in [7, 11) is 0. The van der Waals surface area contributed by atoms with Crippen molar-refractivity contribution in [1.82, 2.24) is 9.97 Å². The molecule has 1 heterocycles. The predicted octanol–water partition coefficient (Wildman–Crippen LogP) is 2.40. The lowest BCUT2D eigenvalue weighted by molar-refractivity contribution is -0.117. The summed E-state index contributed by atoms with van der Waals surface area (Å²) in [6.07, 6.45) is 2.11. The first-order valence-electron chi connectivity index (χ1n) is 6.29. The molecule has 0 saturated heterocycles. The smallest absolute Gasteiger partial charge is 0.221 e. The van der Waals surface area contributed by atoms with Crippen LogP contribution in [-0.2, 0) is 16.6 Å². The normalized spacial score (nSPS) is 11.5. The molecule has 0 fully saturated rings. The Kier molecular flexibility index (Phi) is 3.42. The van der Waals surface area contributed by atoms with Gasteiger partial charge in [-0.25, -0.2) is 4.98 Å². The molecule has 0 aliphatic heterocycles. The Balaban J connectivity index is 2.23. The third kappa shape index (κ3) is 3.22. The van der Waals surface area contributed by atoms with E-state index in [2.05, 4.69) is 30.7 Å². The standard InChI is InChI=1S/C15H19N3O/c1-15(2,3)14-17-9-12(18-14)11-6-4-10(5-7-11)8-13(16)19/h4-7,9H,8H2,1-3H3,(H2,16,19)(H,17,18). The molecule has 0 saturated carbocycles. The molecule has 0 spiro atoms. The first kappa shape index (κ1) is 13.3. The number of amides is 1. The molecular weight excluding hydrogens is 238 g/mol. The van der Waals surface area contributed by atoms with E-state index in [1.165, 1.54) is 0 Å². The van der Waals surface area contributed by atoms with Gasteiger partial charge in [0.2, 0.25) is 5.91 Å². The maximum Gasteiger partial charge on any atom is 0.221 e. The molecule has 100 valence electrons. The van der Waals surface area contributed by atoms with E-state index in [-0.39, 0.29) is 17.7 Å². The van der Waals surface area contributed by atoms with E-state index >= 15 is 0 Å². The van der Waals surface area contributed by atoms with E-state index in [4.69, 9.17) is 5.73 Å². The summed E-state index contributed by atoms with van der Waals surface area (Å²) in [6.45, 7) is 6.35. The van der Waals surface area contributed by atoms with Crippen molar-refractivity contribution in [3.63, 3.8) is 0 Å². The number of benzene rings is 1. The zero-order valence-corrected chi connectivity index (χ0v) is 11.5. The van der Waals surface area contributed by atoms with E-state index in [9.17, 15) is 4.79 Å². The maximum atomic E-state index is 10.8. The number of nitrogens with zero attached hydrogens (tertiary/aromatic N) is 1. The van der Waals surface area contributed by atoms with Gasteiger partial charge in [-0.1, -0.05) is 45.0 Å². The Morgan fingerprint density at radius 2 is 1.89 bits per heavy atom. The highest BCUT2D eigenvalue weighted by Gasteiger charge is 2.17. The van der Waals surface area contributed by atoms with Gasteiger partial charge in [0.15, 0.2) is 0 Å². The van der Waals surface area contributed by atoms with Gasteiger partial charge in [0.1, 0.15) is 5.82 Å². The number of H-pyrrole nitrogens is 1. The van der Waals surface area contributed by atoms with Crippen LogP contribution in [0.5, 0.6) is 0 Å². The Morgan fingerprint density at radius 1 is 1.26 bits per heavy atom. The molecule has 2 aromatic rings. The van der Waals surface area contributed by atoms with Gasteiger partial charge < -0.3 is 10.7 Å². The number of rotatable bonds is 3. The number of carbonyl (C=O) groups is 1. The van der Waals surface area contributed by atoms with Gasteiger partial charge in [0.25, 0.3) is 0 Å². The van der Waals surface area contributed by atoms with E-state index in [0.29, 0.717) is 0 Å². The summed E-state index contributed by atoms with van der Waals surface area (Å²) >= 11 is 0. The summed E-state index contributed by atoms with van der Waals surface area (Å²) in [6, 6.07) is 7.77. The van der Waals surface area contributed by atoms with Crippen LogP contribution in [0.2, 0.25) is 0 Å². The number of carbonyl (C=O) groups excluding carboxylic acids is 1. The maximum absolute atomic E-state index is 10.8. The van der Waals surface area contributed by atoms with Crippen molar-refractivity contribution in [2.45, 2.75) is 32.6 Å². The number of nitrogens with one attached hydrogen (secondary N) is 1. The second-order valence-corrected chi connectivity index (χ2v) is 5.74. The largest absolute Gasteiger partial charge is 0.369 e. The highest BCUT2D eigenvalue weighted by atomic mass is 16.1. The molecule has 19 heavy (non-hydrogen) atoms. The molecule has 1 aromatic heterocycles. The number of imidazole rings is 1. The van der Waals surface area contributed by atoms with Gasteiger partial charge >= 0.3 is 0 Å². The van der Waals surface area contributed by atoms with Crippen LogP contribution in [0.25, 0.3) is 11.3 Å². The van der Waals surface area contributed by atoms with Crippen LogP contribution in [0.15, 0.2) is 30.5 Å². The van der Waals surface area contributed by atoms with Crippen molar-refractivity contribution < 1.29 is 4.79 Å². The molecule has 1 aromatic carbocycles. The quantitative estimate of drug-likeness (QED) is 0.886. The number of primary amides is 1. The van der Waals surface area contributed by atoms with Crippen molar-refractivity contribution in [3.05, 3.63) is 41.9 Å². The lowest BCUT2D eigenvalue weighted by Crippen LogP contribution is -2.13. The molecule has 2 rings (SSSR count). The van der Waals surface area contributed by atoms with Crippen molar-refractivity contribution in [2.24, 2.45) is 5.73 Å². The summed E-state index contributed by atoms with van der Waals surface area (Å²) in [5, 5.41) is 0. The molecule has 3 N–H and O–H groups in total. The molecule has 0 bridgehead atoms. The zero-order valence-electron chi connectivity index (χ0n) is 11.5. The van der Waals surface area contributed by atoms with Crippen LogP contribution >= 0.6 is 0 Å². The molecule has 0 unspecified atom stereocenters. The monoisotopic (exact) mass is 257 g/mol. The van der Waals surface area contributed by atoms with Crippen molar-refractivity contribution in [2.75, 3.05) is 0 Å². The highest BCUT2D eigenvalue weighted by molar-refractivity contribution is 5.76. The lowest BCUT2D eigenvalue weighted by Gasteiger charge is -2.14. The third-order valence-electron chi connectivity index (χ3n) is 2.93. The van der Waals surface area contributed by atoms with Crippen LogP contribution in [0.4, 0.5) is 0 Å². The van der Waals surface area contributed by atoms with Gasteiger partial charge in [-0.2, -0.15) is 0 Å². The van der Waals surface area contributed by atoms with Gasteiger partial charge in [0, 0.05) is 5.41 Å². The lowest BCUT2D eigenvalue weighted by atomic mass is 9.96. The van der Waals surface area contributed by atoms with Crippen LogP contribution in [0.3, 0.4) is 0 Å². The van der Waals surface area contributed by atoms with Crippen LogP contribution in [0.1, 0.15) is 32.2 Å². The average Bonchev–Trinajstić information content (AvgIpc) is 2.78. The minimum atomic E-state index is -0.315. The fourth-order valence-electron chi connectivity index (χ4n) is 1.85. The van der Waals surface area contributed by atoms with Gasteiger partial charge in [-0.05, 0) is 11.1 Å². The number of hydrogen-bond donors (Lipinski definition) is 2. The van der Waals surface area contributed by atoms with Gasteiger partial charge in [0.05, 0.1) is 18.3 Å². The van der Waals surface area contributed by atoms with E-state index in [1.54, 1.807) is 0 Å². The first-order chi connectivity index (χ1) is 8.86. The van der Waals surface area contributed by atoms with Crippen LogP contribution in [0, 0.1) is 0 Å². The number of aromatic amines is 1. The average molecular weight is 257 g/mol. The molecule has 0 radical (unpaired) electrons. The molecular formula is C15H19N3O. The topological polar surface area (TPSA) is 71.8 Å². The molecule has 0 aliphatic rings. The van der Waals surface area contributed by atoms with E-state index < -0.39 is 0 Å². The third-order valence-corrected chi connectivity index (χ3v) is 2.93. The number of hydrogen-bond acceptors (Lipinski definition) is 2. The number of nitrogens with two attached hydrogens (primary N) is 1. The zero-order chi connectivity index (χ0) is 14.0. The summed E-state index contributed by atoms with van der Waals surface area (Å²) in [4.78, 5) is 18.6. The second kappa shape index (κ2) is 4.88. The molecule has 1 amide bonds. The summed E-state index contributed by atoms with van der Waals surface area (Å²) in [5.74, 6) is 0.646. The fourth-order valence-corrected chi connectivity index (χ4v) is 1.85. The minimum absolute atomic E-state index is 0.00413. The van der Waals surface area contributed by atoms with Crippen molar-refractivity contribution in [1.29, 1.82) is 0 Å². The second-order valence-electron chi connectivity index (χ2n) is 5.74. The Morgan fingerprint density at radius 3 is 2.37 bits per heavy atom. The van der Waals surface area contributed by atoms with Gasteiger partial charge in [-0.15, -0.1) is 0 Å². The van der Waals surface area contributed by atoms with Crippen molar-refractivity contribution >= 4 is 5.91 Å². The van der Waals surface area contributed by atoms with E-state index in [0.717, 1.165) is 22.6 Å².